The van der Waals surface area contributed by atoms with Gasteiger partial charge in [0.15, 0.2) is 5.41 Å². The number of halogens is 1. The van der Waals surface area contributed by atoms with E-state index in [0.717, 1.165) is 4.47 Å². The number of cyclic esters (lactones) is 1. The van der Waals surface area contributed by atoms with Crippen LogP contribution in [0.2, 0.25) is 0 Å². The van der Waals surface area contributed by atoms with Crippen LogP contribution in [0.15, 0.2) is 59.1 Å². The molecule has 0 radical (unpaired) electrons. The molecule has 0 saturated carbocycles. The number of ether oxygens (including phenoxy) is 3. The van der Waals surface area contributed by atoms with Crippen molar-refractivity contribution in [3.63, 3.8) is 0 Å². The first kappa shape index (κ1) is 23.4. The van der Waals surface area contributed by atoms with Crippen LogP contribution in [0.4, 0.5) is 0 Å². The molecular formula is C25H26BrNO6. The Labute approximate surface area is 200 Å². The van der Waals surface area contributed by atoms with Crippen molar-refractivity contribution in [1.29, 1.82) is 0 Å². The second-order valence-corrected chi connectivity index (χ2v) is 9.06. The summed E-state index contributed by atoms with van der Waals surface area (Å²) >= 11 is 3.49. The fourth-order valence-corrected chi connectivity index (χ4v) is 5.64. The number of esters is 3. The Hall–Kier alpha value is -2.71. The van der Waals surface area contributed by atoms with Crippen LogP contribution in [0.25, 0.3) is 0 Å². The van der Waals surface area contributed by atoms with Gasteiger partial charge in [0, 0.05) is 16.8 Å². The number of hydrogen-bond donors (Lipinski definition) is 1. The lowest BCUT2D eigenvalue weighted by Crippen LogP contribution is -2.52. The van der Waals surface area contributed by atoms with Crippen molar-refractivity contribution in [2.24, 2.45) is 5.41 Å². The summed E-state index contributed by atoms with van der Waals surface area (Å²) in [5, 5.41) is 3.38. The third-order valence-electron chi connectivity index (χ3n) is 6.44. The molecule has 3 atom stereocenters. The molecule has 2 fully saturated rings. The highest BCUT2D eigenvalue weighted by Crippen LogP contribution is 2.61. The van der Waals surface area contributed by atoms with Gasteiger partial charge < -0.3 is 14.2 Å². The van der Waals surface area contributed by atoms with Crippen LogP contribution < -0.4 is 5.32 Å². The van der Waals surface area contributed by atoms with Crippen molar-refractivity contribution in [1.82, 2.24) is 5.32 Å². The molecule has 0 bridgehead atoms. The van der Waals surface area contributed by atoms with Crippen molar-refractivity contribution in [3.8, 4) is 0 Å². The second-order valence-electron chi connectivity index (χ2n) is 8.14. The van der Waals surface area contributed by atoms with Crippen molar-refractivity contribution in [2.75, 3.05) is 19.8 Å². The van der Waals surface area contributed by atoms with E-state index in [9.17, 15) is 14.4 Å². The van der Waals surface area contributed by atoms with E-state index in [1.54, 1.807) is 13.8 Å². The van der Waals surface area contributed by atoms with Gasteiger partial charge >= 0.3 is 17.9 Å². The predicted molar refractivity (Wildman–Crippen MR) is 123 cm³/mol. The molecule has 4 rings (SSSR count). The maximum absolute atomic E-state index is 13.9. The number of nitrogens with one attached hydrogen (secondary N) is 1. The van der Waals surface area contributed by atoms with E-state index < -0.39 is 40.8 Å². The Morgan fingerprint density at radius 3 is 2.21 bits per heavy atom. The van der Waals surface area contributed by atoms with Gasteiger partial charge in [-0.25, -0.2) is 0 Å². The van der Waals surface area contributed by atoms with E-state index in [2.05, 4.69) is 21.2 Å². The largest absolute Gasteiger partial charge is 0.465 e. The van der Waals surface area contributed by atoms with E-state index in [-0.39, 0.29) is 19.8 Å². The summed E-state index contributed by atoms with van der Waals surface area (Å²) in [6, 6.07) is 15.6. The Morgan fingerprint density at radius 1 is 1.03 bits per heavy atom. The lowest BCUT2D eigenvalue weighted by Gasteiger charge is -2.37. The first-order valence-corrected chi connectivity index (χ1v) is 11.8. The molecule has 33 heavy (non-hydrogen) atoms. The Bertz CT molecular complexity index is 1040. The summed E-state index contributed by atoms with van der Waals surface area (Å²) in [7, 11) is 0. The minimum Gasteiger partial charge on any atom is -0.465 e. The molecule has 2 aliphatic heterocycles. The molecule has 8 heteroatoms. The van der Waals surface area contributed by atoms with Crippen molar-refractivity contribution in [2.45, 2.75) is 37.8 Å². The quantitative estimate of drug-likeness (QED) is 0.356. The normalized spacial score (nSPS) is 25.6. The fourth-order valence-electron chi connectivity index (χ4n) is 5.22. The molecule has 1 spiro atoms. The Kier molecular flexibility index (Phi) is 6.59. The average Bonchev–Trinajstić information content (AvgIpc) is 3.33. The number of carbonyl (C=O) groups excluding carboxylic acids is 3. The van der Waals surface area contributed by atoms with Crippen LogP contribution in [-0.4, -0.2) is 43.3 Å². The molecule has 2 aliphatic rings. The molecule has 0 aromatic heterocycles. The number of benzene rings is 2. The van der Waals surface area contributed by atoms with E-state index >= 15 is 0 Å². The summed E-state index contributed by atoms with van der Waals surface area (Å²) in [5.74, 6) is -2.87. The van der Waals surface area contributed by atoms with Crippen molar-refractivity contribution in [3.05, 3.63) is 70.2 Å². The van der Waals surface area contributed by atoms with Crippen LogP contribution >= 0.6 is 15.9 Å². The zero-order chi connectivity index (χ0) is 23.6. The molecule has 0 amide bonds. The monoisotopic (exact) mass is 515 g/mol. The summed E-state index contributed by atoms with van der Waals surface area (Å²) in [6.07, 6.45) is 0.299. The van der Waals surface area contributed by atoms with E-state index in [4.69, 9.17) is 14.2 Å². The van der Waals surface area contributed by atoms with Gasteiger partial charge in [-0.3, -0.25) is 19.7 Å². The maximum Gasteiger partial charge on any atom is 0.327 e. The van der Waals surface area contributed by atoms with Crippen LogP contribution in [0.3, 0.4) is 0 Å². The molecule has 7 nitrogen and oxygen atoms in total. The van der Waals surface area contributed by atoms with Gasteiger partial charge in [-0.15, -0.1) is 0 Å². The molecule has 2 heterocycles. The van der Waals surface area contributed by atoms with Gasteiger partial charge in [0.05, 0.1) is 25.9 Å². The molecule has 1 N–H and O–H groups in total. The molecule has 2 saturated heterocycles. The number of hydrogen-bond acceptors (Lipinski definition) is 7. The minimum atomic E-state index is -1.85. The summed E-state index contributed by atoms with van der Waals surface area (Å²) < 4.78 is 17.2. The number of carbonyl (C=O) groups is 3. The van der Waals surface area contributed by atoms with E-state index in [0.29, 0.717) is 17.5 Å². The van der Waals surface area contributed by atoms with Crippen molar-refractivity contribution >= 4 is 33.8 Å². The van der Waals surface area contributed by atoms with E-state index in [1.807, 2.05) is 54.6 Å². The van der Waals surface area contributed by atoms with Crippen LogP contribution in [0, 0.1) is 5.41 Å². The number of rotatable bonds is 6. The lowest BCUT2D eigenvalue weighted by atomic mass is 9.62. The topological polar surface area (TPSA) is 90.9 Å². The highest BCUT2D eigenvalue weighted by Gasteiger charge is 2.75. The summed E-state index contributed by atoms with van der Waals surface area (Å²) in [6.45, 7) is 3.70. The third-order valence-corrected chi connectivity index (χ3v) is 6.93. The smallest absolute Gasteiger partial charge is 0.327 e. The molecule has 1 unspecified atom stereocenters. The molecule has 174 valence electrons. The zero-order valence-corrected chi connectivity index (χ0v) is 20.1. The first-order valence-electron chi connectivity index (χ1n) is 11.0. The SMILES string of the molecule is CCOC(=O)C1(C(=O)OCC)C(c2cccc(Br)c2)[C@]2(CCOC2=O)N[C@H]1c1ccccc1. The predicted octanol–water partition coefficient (Wildman–Crippen LogP) is 3.68. The Morgan fingerprint density at radius 2 is 1.67 bits per heavy atom. The van der Waals surface area contributed by atoms with Gasteiger partial charge in [-0.2, -0.15) is 0 Å². The molecule has 2 aromatic rings. The second kappa shape index (κ2) is 9.27. The summed E-state index contributed by atoms with van der Waals surface area (Å²) in [5.41, 5.74) is -1.84. The standard InChI is InChI=1S/C25H26BrNO6/c1-3-31-22(29)25(23(30)32-4-2)19(17-11-8-12-18(26)15-17)24(13-14-33-21(24)28)27-20(25)16-9-6-5-7-10-16/h5-12,15,19-20,27H,3-4,13-14H2,1-2H3/t19?,20-,24-/m0/s1. The van der Waals surface area contributed by atoms with Gasteiger partial charge in [0.1, 0.15) is 5.54 Å². The third kappa shape index (κ3) is 3.65. The van der Waals surface area contributed by atoms with Gasteiger partial charge in [0.2, 0.25) is 0 Å². The van der Waals surface area contributed by atoms with E-state index in [1.165, 1.54) is 0 Å². The zero-order valence-electron chi connectivity index (χ0n) is 18.5. The highest BCUT2D eigenvalue weighted by atomic mass is 79.9. The first-order chi connectivity index (χ1) is 15.9. The maximum atomic E-state index is 13.9. The minimum absolute atomic E-state index is 0.0736. The molecule has 0 aliphatic carbocycles. The lowest BCUT2D eigenvalue weighted by molar-refractivity contribution is -0.175. The van der Waals surface area contributed by atoms with Crippen LogP contribution in [0.5, 0.6) is 0 Å². The molecule has 2 aromatic carbocycles. The van der Waals surface area contributed by atoms with Crippen LogP contribution in [-0.2, 0) is 28.6 Å². The summed E-state index contributed by atoms with van der Waals surface area (Å²) in [4.78, 5) is 41.0. The Balaban J connectivity index is 2.07. The van der Waals surface area contributed by atoms with Gasteiger partial charge in [0.25, 0.3) is 0 Å². The highest BCUT2D eigenvalue weighted by molar-refractivity contribution is 9.10. The van der Waals surface area contributed by atoms with Gasteiger partial charge in [-0.05, 0) is 37.1 Å². The fraction of sp³-hybridized carbons (Fsp3) is 0.400. The molecular weight excluding hydrogens is 490 g/mol. The van der Waals surface area contributed by atoms with Crippen molar-refractivity contribution < 1.29 is 28.6 Å². The average molecular weight is 516 g/mol. The van der Waals surface area contributed by atoms with Crippen LogP contribution in [0.1, 0.15) is 43.4 Å². The van der Waals surface area contributed by atoms with Gasteiger partial charge in [-0.1, -0.05) is 58.4 Å².